The van der Waals surface area contributed by atoms with E-state index in [-0.39, 0.29) is 29.6 Å². The zero-order valence-corrected chi connectivity index (χ0v) is 18.1. The van der Waals surface area contributed by atoms with E-state index in [1.165, 1.54) is 24.3 Å². The molecule has 0 fully saturated rings. The summed E-state index contributed by atoms with van der Waals surface area (Å²) in [5.41, 5.74) is 1.17. The molecule has 34 heavy (non-hydrogen) atoms. The van der Waals surface area contributed by atoms with Crippen LogP contribution >= 0.6 is 0 Å². The molecule has 4 aromatic rings. The van der Waals surface area contributed by atoms with E-state index >= 15 is 0 Å². The number of nitrogens with zero attached hydrogens (tertiary/aromatic N) is 4. The minimum atomic E-state index is -4.73. The van der Waals surface area contributed by atoms with E-state index in [4.69, 9.17) is 0 Å². The van der Waals surface area contributed by atoms with E-state index in [0.29, 0.717) is 12.1 Å². The largest absolute Gasteiger partial charge is 0.471 e. The predicted molar refractivity (Wildman–Crippen MR) is 117 cm³/mol. The topological polar surface area (TPSA) is 79.5 Å². The van der Waals surface area contributed by atoms with Gasteiger partial charge in [-0.1, -0.05) is 41.6 Å². The molecule has 0 aliphatic heterocycles. The predicted octanol–water partition coefficient (Wildman–Crippen LogP) is 3.76. The van der Waals surface area contributed by atoms with Crippen LogP contribution in [-0.4, -0.2) is 24.2 Å². The third-order valence-corrected chi connectivity index (χ3v) is 5.26. The van der Waals surface area contributed by atoms with Crippen molar-refractivity contribution < 1.29 is 22.1 Å². The number of rotatable bonds is 7. The molecule has 0 N–H and O–H groups in total. The summed E-state index contributed by atoms with van der Waals surface area (Å²) in [6.45, 7) is 0.577. The smallest absolute Gasteiger partial charge is 0.365 e. The summed E-state index contributed by atoms with van der Waals surface area (Å²) in [5, 5.41) is 3.35. The number of alkyl halides is 3. The summed E-state index contributed by atoms with van der Waals surface area (Å²) in [7, 11) is 3.33. The van der Waals surface area contributed by atoms with Crippen LogP contribution in [-0.2, 0) is 19.3 Å². The average molecular weight is 474 g/mol. The van der Waals surface area contributed by atoms with Crippen LogP contribution in [0.1, 0.15) is 17.0 Å². The Hall–Kier alpha value is -4.02. The van der Waals surface area contributed by atoms with Crippen molar-refractivity contribution in [1.29, 1.82) is 0 Å². The SMILES string of the molecule is CN(Cc1ccc(F)cc1)c1c(N(C)Cc2ccc(-c3noc(C(F)(F)F)n3)cc2)c(=O)c1=O. The lowest BCUT2D eigenvalue weighted by atomic mass is 10.1. The first kappa shape index (κ1) is 23.1. The fraction of sp³-hybridized carbons (Fsp3) is 0.217. The fourth-order valence-corrected chi connectivity index (χ4v) is 3.59. The average Bonchev–Trinajstić information content (AvgIpc) is 3.29. The highest BCUT2D eigenvalue weighted by molar-refractivity contribution is 5.76. The minimum Gasteiger partial charge on any atom is -0.365 e. The molecular formula is C23H18F4N4O3. The maximum absolute atomic E-state index is 13.1. The molecule has 0 saturated heterocycles. The van der Waals surface area contributed by atoms with Crippen LogP contribution < -0.4 is 20.7 Å². The molecule has 1 heterocycles. The molecule has 176 valence electrons. The van der Waals surface area contributed by atoms with Crippen LogP contribution in [0.5, 0.6) is 0 Å². The Morgan fingerprint density at radius 1 is 0.824 bits per heavy atom. The number of hydrogen-bond acceptors (Lipinski definition) is 7. The first-order chi connectivity index (χ1) is 16.0. The van der Waals surface area contributed by atoms with Crippen molar-refractivity contribution in [2.45, 2.75) is 19.3 Å². The molecule has 1 aromatic heterocycles. The van der Waals surface area contributed by atoms with Gasteiger partial charge in [0.2, 0.25) is 5.82 Å². The van der Waals surface area contributed by atoms with Gasteiger partial charge < -0.3 is 14.3 Å². The second-order valence-electron chi connectivity index (χ2n) is 7.81. The standard InChI is InChI=1S/C23H18F4N4O3/c1-30(11-13-3-7-15(8-4-13)21-28-22(34-29-21)23(25,26)27)17-18(20(33)19(17)32)31(2)12-14-5-9-16(24)10-6-14/h3-10H,11-12H2,1-2H3. The highest BCUT2D eigenvalue weighted by Gasteiger charge is 2.38. The number of aromatic nitrogens is 2. The number of benzene rings is 2. The zero-order chi connectivity index (χ0) is 24.6. The summed E-state index contributed by atoms with van der Waals surface area (Å²) in [6, 6.07) is 12.2. The van der Waals surface area contributed by atoms with Gasteiger partial charge in [0.1, 0.15) is 17.2 Å². The summed E-state index contributed by atoms with van der Waals surface area (Å²) >= 11 is 0. The molecule has 0 bridgehead atoms. The van der Waals surface area contributed by atoms with Crippen molar-refractivity contribution >= 4 is 11.4 Å². The molecular weight excluding hydrogens is 456 g/mol. The maximum Gasteiger partial charge on any atom is 0.471 e. The van der Waals surface area contributed by atoms with Gasteiger partial charge in [0, 0.05) is 32.7 Å². The van der Waals surface area contributed by atoms with Crippen LogP contribution in [0, 0.1) is 5.82 Å². The van der Waals surface area contributed by atoms with Gasteiger partial charge in [0.25, 0.3) is 10.9 Å². The molecule has 3 aromatic carbocycles. The maximum atomic E-state index is 13.1. The Kier molecular flexibility index (Phi) is 5.94. The highest BCUT2D eigenvalue weighted by atomic mass is 19.4. The van der Waals surface area contributed by atoms with Crippen LogP contribution in [0.15, 0.2) is 62.6 Å². The number of halogens is 4. The lowest BCUT2D eigenvalue weighted by molar-refractivity contribution is -0.159. The van der Waals surface area contributed by atoms with Crippen LogP contribution in [0.4, 0.5) is 28.9 Å². The highest BCUT2D eigenvalue weighted by Crippen LogP contribution is 2.30. The second kappa shape index (κ2) is 8.73. The number of hydrogen-bond donors (Lipinski definition) is 0. The van der Waals surface area contributed by atoms with Gasteiger partial charge in [0.15, 0.2) is 0 Å². The van der Waals surface area contributed by atoms with E-state index < -0.39 is 22.9 Å². The van der Waals surface area contributed by atoms with Gasteiger partial charge in [-0.15, -0.1) is 0 Å². The van der Waals surface area contributed by atoms with Crippen molar-refractivity contribution in [2.75, 3.05) is 23.9 Å². The van der Waals surface area contributed by atoms with Gasteiger partial charge in [-0.2, -0.15) is 18.2 Å². The summed E-state index contributed by atoms with van der Waals surface area (Å²) < 4.78 is 55.3. The molecule has 0 saturated carbocycles. The molecule has 0 atom stereocenters. The van der Waals surface area contributed by atoms with E-state index in [2.05, 4.69) is 14.7 Å². The van der Waals surface area contributed by atoms with Gasteiger partial charge in [-0.25, -0.2) is 4.39 Å². The van der Waals surface area contributed by atoms with Gasteiger partial charge in [-0.05, 0) is 23.3 Å². The monoisotopic (exact) mass is 474 g/mol. The van der Waals surface area contributed by atoms with Crippen LogP contribution in [0.25, 0.3) is 11.4 Å². The summed E-state index contributed by atoms with van der Waals surface area (Å²) in [6.07, 6.45) is -4.73. The third kappa shape index (κ3) is 4.54. The molecule has 4 rings (SSSR count). The summed E-state index contributed by atoms with van der Waals surface area (Å²) in [5.74, 6) is -1.99. The first-order valence-electron chi connectivity index (χ1n) is 10.0. The van der Waals surface area contributed by atoms with E-state index in [1.807, 2.05) is 0 Å². The lowest BCUT2D eigenvalue weighted by Gasteiger charge is -2.28. The molecule has 7 nitrogen and oxygen atoms in total. The number of anilines is 2. The molecule has 0 spiro atoms. The summed E-state index contributed by atoms with van der Waals surface area (Å²) in [4.78, 5) is 31.2. The molecule has 0 aliphatic rings. The van der Waals surface area contributed by atoms with Crippen LogP contribution in [0.3, 0.4) is 0 Å². The third-order valence-electron chi connectivity index (χ3n) is 5.26. The minimum absolute atomic E-state index is 0.195. The molecule has 0 aliphatic carbocycles. The Labute approximate surface area is 190 Å². The molecule has 0 unspecified atom stereocenters. The first-order valence-corrected chi connectivity index (χ1v) is 10.0. The zero-order valence-electron chi connectivity index (χ0n) is 18.1. The lowest BCUT2D eigenvalue weighted by Crippen LogP contribution is -2.44. The van der Waals surface area contributed by atoms with Gasteiger partial charge >= 0.3 is 12.1 Å². The normalized spacial score (nSPS) is 11.7. The fourth-order valence-electron chi connectivity index (χ4n) is 3.59. The van der Waals surface area contributed by atoms with Crippen molar-refractivity contribution in [1.82, 2.24) is 10.1 Å². The van der Waals surface area contributed by atoms with E-state index in [1.54, 1.807) is 48.2 Å². The second-order valence-corrected chi connectivity index (χ2v) is 7.81. The van der Waals surface area contributed by atoms with Crippen molar-refractivity contribution in [3.05, 3.63) is 91.8 Å². The van der Waals surface area contributed by atoms with Crippen molar-refractivity contribution in [3.8, 4) is 11.4 Å². The van der Waals surface area contributed by atoms with Crippen molar-refractivity contribution in [2.24, 2.45) is 0 Å². The van der Waals surface area contributed by atoms with E-state index in [9.17, 15) is 27.2 Å². The molecule has 11 heteroatoms. The molecule has 0 radical (unpaired) electrons. The van der Waals surface area contributed by atoms with Crippen LogP contribution in [0.2, 0.25) is 0 Å². The van der Waals surface area contributed by atoms with E-state index in [0.717, 1.165) is 11.1 Å². The Balaban J connectivity index is 1.48. The molecule has 0 amide bonds. The quantitative estimate of drug-likeness (QED) is 0.298. The Morgan fingerprint density at radius 3 is 1.74 bits per heavy atom. The van der Waals surface area contributed by atoms with Gasteiger partial charge in [0.05, 0.1) is 0 Å². The van der Waals surface area contributed by atoms with Gasteiger partial charge in [-0.3, -0.25) is 9.59 Å². The Bertz CT molecular complexity index is 1370. The van der Waals surface area contributed by atoms with Crippen molar-refractivity contribution in [3.63, 3.8) is 0 Å². The Morgan fingerprint density at radius 2 is 1.29 bits per heavy atom.